The first-order valence-electron chi connectivity index (χ1n) is 19.4. The third-order valence-electron chi connectivity index (χ3n) is 11.6. The molecule has 0 radical (unpaired) electrons. The lowest BCUT2D eigenvalue weighted by Gasteiger charge is -2.43. The zero-order valence-corrected chi connectivity index (χ0v) is 32.4. The maximum absolute atomic E-state index is 13.5. The summed E-state index contributed by atoms with van der Waals surface area (Å²) in [6, 6.07) is 8.96. The lowest BCUT2D eigenvalue weighted by Crippen LogP contribution is -2.59. The first-order chi connectivity index (χ1) is 28.0. The van der Waals surface area contributed by atoms with E-state index >= 15 is 0 Å². The summed E-state index contributed by atoms with van der Waals surface area (Å²) in [5.41, 5.74) is 0.166. The molecule has 2 aromatic rings. The number of benzene rings is 2. The number of rotatable bonds is 14. The Morgan fingerprint density at radius 2 is 1.54 bits per heavy atom. The Kier molecular flexibility index (Phi) is 14.5. The van der Waals surface area contributed by atoms with Crippen molar-refractivity contribution in [2.45, 2.75) is 125 Å². The van der Waals surface area contributed by atoms with Crippen LogP contribution in [0.5, 0.6) is 17.2 Å². The fourth-order valence-electron chi connectivity index (χ4n) is 7.90. The van der Waals surface area contributed by atoms with E-state index in [1.54, 1.807) is 25.1 Å². The summed E-state index contributed by atoms with van der Waals surface area (Å²) in [7, 11) is 0. The van der Waals surface area contributed by atoms with Gasteiger partial charge in [0.25, 0.3) is 0 Å². The van der Waals surface area contributed by atoms with E-state index in [-0.39, 0.29) is 49.7 Å². The maximum Gasteiger partial charge on any atom is 0.331 e. The number of phenolic OH excluding ortho intramolecular Hbond substituents is 3. The third kappa shape index (κ3) is 9.69. The van der Waals surface area contributed by atoms with Crippen LogP contribution >= 0.6 is 0 Å². The van der Waals surface area contributed by atoms with Crippen LogP contribution in [0.15, 0.2) is 42.5 Å². The van der Waals surface area contributed by atoms with Crippen LogP contribution in [0.1, 0.15) is 36.5 Å². The summed E-state index contributed by atoms with van der Waals surface area (Å²) in [5, 5.41) is 115. The molecule has 4 aliphatic rings. The predicted octanol–water partition coefficient (Wildman–Crippen LogP) is -1.77. The van der Waals surface area contributed by atoms with E-state index in [1.807, 2.05) is 0 Å². The number of aryl methyl sites for hydroxylation is 1. The van der Waals surface area contributed by atoms with Gasteiger partial charge in [-0.05, 0) is 74.1 Å². The monoisotopic (exact) mass is 838 g/mol. The van der Waals surface area contributed by atoms with Gasteiger partial charge in [-0.1, -0.05) is 18.2 Å². The highest BCUT2D eigenvalue weighted by atomic mass is 16.7. The van der Waals surface area contributed by atoms with E-state index in [0.29, 0.717) is 16.7 Å². The zero-order chi connectivity index (χ0) is 42.8. The highest BCUT2D eigenvalue weighted by molar-refractivity contribution is 5.87. The third-order valence-corrected chi connectivity index (χ3v) is 11.6. The highest BCUT2D eigenvalue weighted by Gasteiger charge is 2.63. The Morgan fingerprint density at radius 3 is 2.25 bits per heavy atom. The summed E-state index contributed by atoms with van der Waals surface area (Å²) in [6.07, 6.45) is -18.9. The fraction of sp³-hybridized carbons (Fsp3) is 0.625. The van der Waals surface area contributed by atoms with Crippen molar-refractivity contribution in [3.05, 3.63) is 59.2 Å². The molecule has 4 heterocycles. The number of aliphatic hydroxyl groups is 8. The summed E-state index contributed by atoms with van der Waals surface area (Å²) in [5.74, 6) is -1.60. The molecule has 328 valence electrons. The summed E-state index contributed by atoms with van der Waals surface area (Å²) < 4.78 is 42.2. The van der Waals surface area contributed by atoms with Crippen molar-refractivity contribution in [3.8, 4) is 17.2 Å². The Morgan fingerprint density at radius 1 is 0.814 bits per heavy atom. The molecule has 19 heteroatoms. The molecule has 0 saturated carbocycles. The minimum absolute atomic E-state index is 0.00135. The molecule has 6 unspecified atom stereocenters. The molecule has 0 amide bonds. The van der Waals surface area contributed by atoms with E-state index < -0.39 is 117 Å². The van der Waals surface area contributed by atoms with Crippen molar-refractivity contribution in [2.24, 2.45) is 5.41 Å². The Bertz CT molecular complexity index is 1760. The Labute approximate surface area is 339 Å². The van der Waals surface area contributed by atoms with Crippen LogP contribution in [0, 0.1) is 12.3 Å². The van der Waals surface area contributed by atoms with Gasteiger partial charge in [-0.15, -0.1) is 0 Å². The van der Waals surface area contributed by atoms with E-state index in [9.17, 15) is 61.0 Å². The van der Waals surface area contributed by atoms with Crippen LogP contribution in [0.4, 0.5) is 0 Å². The standard InChI is InChI=1S/C40H54O19/c1-18-3-4-20(13-23(18)43)6-8-28(45)59-35-27(16-54-38-34(51)33(50)31(48)26(15-41)57-38)58-39(53-12-10-21-5-7-22(42)24(44)14-21)40(17-55-36(35)37(40)52)11-9-25-30(47)32(49)29(46)19(2)56-25/h3-8,13-14,19,25-27,29-39,41-44,46-52H,9-12,15-17H2,1-2H3/b8-6+/t19?,25-,26?,27?,29-,30+,31+,32?,33?,34-,35+,36+,37?,38+,39+,40+/m0/s1. The van der Waals surface area contributed by atoms with Crippen molar-refractivity contribution < 1.29 is 94.1 Å². The topological polar surface area (TPSA) is 304 Å². The van der Waals surface area contributed by atoms with Crippen LogP contribution in [0.3, 0.4) is 0 Å². The number of phenols is 3. The quantitative estimate of drug-likeness (QED) is 0.0570. The van der Waals surface area contributed by atoms with Crippen LogP contribution < -0.4 is 0 Å². The number of aliphatic hydroxyl groups excluding tert-OH is 8. The van der Waals surface area contributed by atoms with Gasteiger partial charge in [0.2, 0.25) is 0 Å². The van der Waals surface area contributed by atoms with Gasteiger partial charge in [-0.3, -0.25) is 0 Å². The smallest absolute Gasteiger partial charge is 0.331 e. The van der Waals surface area contributed by atoms with E-state index in [2.05, 4.69) is 0 Å². The molecule has 6 rings (SSSR count). The van der Waals surface area contributed by atoms with Crippen LogP contribution in [0.25, 0.3) is 6.08 Å². The second-order valence-electron chi connectivity index (χ2n) is 15.6. The zero-order valence-electron chi connectivity index (χ0n) is 32.4. The average molecular weight is 839 g/mol. The Balaban J connectivity index is 1.31. The number of fused-ring (bicyclic) bond motifs is 2. The number of esters is 1. The Hall–Kier alpha value is -3.51. The highest BCUT2D eigenvalue weighted by Crippen LogP contribution is 2.48. The van der Waals surface area contributed by atoms with E-state index in [4.69, 9.17) is 33.2 Å². The van der Waals surface area contributed by atoms with Gasteiger partial charge in [0.15, 0.2) is 30.2 Å². The minimum atomic E-state index is -1.80. The van der Waals surface area contributed by atoms with Gasteiger partial charge in [-0.25, -0.2) is 4.79 Å². The van der Waals surface area contributed by atoms with E-state index in [1.165, 1.54) is 31.2 Å². The minimum Gasteiger partial charge on any atom is -0.508 e. The summed E-state index contributed by atoms with van der Waals surface area (Å²) in [6.45, 7) is 1.59. The number of ether oxygens (including phenoxy) is 7. The van der Waals surface area contributed by atoms with Crippen LogP contribution in [-0.4, -0.2) is 181 Å². The molecule has 59 heavy (non-hydrogen) atoms. The molecule has 4 saturated heterocycles. The van der Waals surface area contributed by atoms with Crippen LogP contribution in [0.2, 0.25) is 0 Å². The first-order valence-corrected chi connectivity index (χ1v) is 19.4. The maximum atomic E-state index is 13.5. The molecule has 2 aromatic carbocycles. The number of aromatic hydroxyl groups is 3. The number of carbonyl (C=O) groups excluding carboxylic acids is 1. The van der Waals surface area contributed by atoms with Gasteiger partial charge in [0.1, 0.15) is 60.7 Å². The first kappa shape index (κ1) is 45.0. The molecule has 0 aromatic heterocycles. The van der Waals surface area contributed by atoms with Gasteiger partial charge in [0, 0.05) is 6.08 Å². The van der Waals surface area contributed by atoms with Gasteiger partial charge < -0.3 is 89.3 Å². The molecular weight excluding hydrogens is 784 g/mol. The molecule has 11 N–H and O–H groups in total. The molecule has 4 fully saturated rings. The molecule has 0 aliphatic carbocycles. The van der Waals surface area contributed by atoms with Crippen LogP contribution in [-0.2, 0) is 44.4 Å². The van der Waals surface area contributed by atoms with Gasteiger partial charge in [-0.2, -0.15) is 0 Å². The molecule has 16 atom stereocenters. The normalized spacial score (nSPS) is 38.6. The molecule has 19 nitrogen and oxygen atoms in total. The summed E-state index contributed by atoms with van der Waals surface area (Å²) in [4.78, 5) is 13.5. The van der Waals surface area contributed by atoms with Gasteiger partial charge >= 0.3 is 5.97 Å². The van der Waals surface area contributed by atoms with Crippen molar-refractivity contribution >= 4 is 12.0 Å². The lowest BCUT2D eigenvalue weighted by atomic mass is 9.76. The number of carbonyl (C=O) groups is 1. The van der Waals surface area contributed by atoms with Crippen molar-refractivity contribution in [2.75, 3.05) is 26.4 Å². The molecular formula is C40H54O19. The lowest BCUT2D eigenvalue weighted by molar-refractivity contribution is -0.317. The molecule has 4 aliphatic heterocycles. The molecule has 2 bridgehead atoms. The number of hydrogen-bond acceptors (Lipinski definition) is 19. The molecule has 0 spiro atoms. The van der Waals surface area contributed by atoms with E-state index in [0.717, 1.165) is 6.08 Å². The average Bonchev–Trinajstić information content (AvgIpc) is 3.51. The largest absolute Gasteiger partial charge is 0.508 e. The fourth-order valence-corrected chi connectivity index (χ4v) is 7.90. The second kappa shape index (κ2) is 19.0. The summed E-state index contributed by atoms with van der Waals surface area (Å²) >= 11 is 0. The SMILES string of the molecule is Cc1ccc(/C=C/C(=O)O[C@@H]2C(CO[C@@H]3OC(CO)[C@@H](O)C(O)[C@@H]3O)O[C@@H](OCCc3ccc(O)c(O)c3)[C@]3(CC[C@@H]4OC(C)[C@H](O)C(O)[C@@H]4O)CO[C@H]2C3O)cc1O. The van der Waals surface area contributed by atoms with Crippen molar-refractivity contribution in [1.29, 1.82) is 0 Å². The second-order valence-corrected chi connectivity index (χ2v) is 15.6. The van der Waals surface area contributed by atoms with Gasteiger partial charge in [0.05, 0.1) is 50.2 Å². The van der Waals surface area contributed by atoms with Crippen molar-refractivity contribution in [3.63, 3.8) is 0 Å². The van der Waals surface area contributed by atoms with Crippen molar-refractivity contribution in [1.82, 2.24) is 0 Å². The predicted molar refractivity (Wildman–Crippen MR) is 199 cm³/mol. The number of hydrogen-bond donors (Lipinski definition) is 11.